The number of carboxylic acid groups (broad SMARTS) is 1. The zero-order valence-corrected chi connectivity index (χ0v) is 14.5. The number of allylic oxidation sites excluding steroid dienone is 1. The van der Waals surface area contributed by atoms with E-state index in [1.165, 1.54) is 6.07 Å². The molecule has 0 saturated carbocycles. The highest BCUT2D eigenvalue weighted by Gasteiger charge is 2.19. The summed E-state index contributed by atoms with van der Waals surface area (Å²) in [5.74, 6) is -1.28. The Morgan fingerprint density at radius 1 is 1.42 bits per heavy atom. The fourth-order valence-electron chi connectivity index (χ4n) is 2.24. The third kappa shape index (κ3) is 5.23. The van der Waals surface area contributed by atoms with Crippen molar-refractivity contribution in [3.63, 3.8) is 0 Å². The Kier molecular flexibility index (Phi) is 6.60. The molecule has 0 saturated heterocycles. The van der Waals surface area contributed by atoms with Crippen molar-refractivity contribution < 1.29 is 23.6 Å². The van der Waals surface area contributed by atoms with Crippen molar-refractivity contribution in [2.75, 3.05) is 0 Å². The van der Waals surface area contributed by atoms with Gasteiger partial charge >= 0.3 is 5.97 Å². The second kappa shape index (κ2) is 8.89. The number of aliphatic carboxylic acids is 1. The van der Waals surface area contributed by atoms with Gasteiger partial charge in [0.05, 0.1) is 0 Å². The lowest BCUT2D eigenvalue weighted by molar-refractivity contribution is -0.141. The van der Waals surface area contributed by atoms with Gasteiger partial charge in [-0.05, 0) is 44.0 Å². The zero-order chi connectivity index (χ0) is 19.1. The number of hydrogen-bond acceptors (Lipinski definition) is 5. The number of amides is 1. The lowest BCUT2D eigenvalue weighted by Crippen LogP contribution is -2.40. The molecule has 0 aliphatic heterocycles. The summed E-state index contributed by atoms with van der Waals surface area (Å²) in [7, 11) is 0. The molecule has 1 amide bonds. The Morgan fingerprint density at radius 3 is 2.85 bits per heavy atom. The second-order valence-corrected chi connectivity index (χ2v) is 5.74. The van der Waals surface area contributed by atoms with Gasteiger partial charge < -0.3 is 14.9 Å². The summed E-state index contributed by atoms with van der Waals surface area (Å²) in [6.45, 7) is 3.41. The van der Waals surface area contributed by atoms with Crippen LogP contribution in [0.15, 0.2) is 34.9 Å². The Balaban J connectivity index is 1.93. The van der Waals surface area contributed by atoms with E-state index in [4.69, 9.17) is 9.63 Å². The Labute approximate surface area is 149 Å². The van der Waals surface area contributed by atoms with Crippen LogP contribution in [-0.2, 0) is 16.0 Å². The molecule has 1 aromatic carbocycles. The molecule has 7 nitrogen and oxygen atoms in total. The lowest BCUT2D eigenvalue weighted by atomic mass is 10.1. The van der Waals surface area contributed by atoms with Gasteiger partial charge in [-0.2, -0.15) is 4.98 Å². The van der Waals surface area contributed by atoms with E-state index in [0.29, 0.717) is 17.0 Å². The van der Waals surface area contributed by atoms with Gasteiger partial charge in [-0.25, -0.2) is 9.18 Å². The van der Waals surface area contributed by atoms with E-state index in [9.17, 15) is 14.0 Å². The first-order chi connectivity index (χ1) is 12.4. The van der Waals surface area contributed by atoms with E-state index < -0.39 is 17.9 Å². The number of halogens is 1. The molecular formula is C18H20FN3O4. The standard InChI is InChI=1S/C18H20FN3O4/c1-3-4-5-14(18(24)25)20-15(23)8-9-16-21-17(22-26-16)12-6-7-13(19)11(2)10-12/h3-4,6-7,10,14H,5,8-9H2,1-2H3,(H,20,23)(H,24,25)/b4-3+. The maximum Gasteiger partial charge on any atom is 0.326 e. The van der Waals surface area contributed by atoms with Crippen LogP contribution in [0.5, 0.6) is 0 Å². The van der Waals surface area contributed by atoms with Gasteiger partial charge in [-0.15, -0.1) is 0 Å². The Morgan fingerprint density at radius 2 is 2.19 bits per heavy atom. The fraction of sp³-hybridized carbons (Fsp3) is 0.333. The molecule has 1 heterocycles. The van der Waals surface area contributed by atoms with Gasteiger partial charge in [0.15, 0.2) is 0 Å². The number of nitrogens with one attached hydrogen (secondary N) is 1. The van der Waals surface area contributed by atoms with Crippen LogP contribution in [0.1, 0.15) is 31.2 Å². The van der Waals surface area contributed by atoms with Crippen LogP contribution in [-0.4, -0.2) is 33.2 Å². The van der Waals surface area contributed by atoms with Crippen molar-refractivity contribution in [1.82, 2.24) is 15.5 Å². The number of carboxylic acids is 1. The normalized spacial score (nSPS) is 12.3. The van der Waals surface area contributed by atoms with Crippen molar-refractivity contribution >= 4 is 11.9 Å². The molecule has 0 bridgehead atoms. The molecule has 0 aliphatic carbocycles. The predicted molar refractivity (Wildman–Crippen MR) is 91.7 cm³/mol. The quantitative estimate of drug-likeness (QED) is 0.700. The molecule has 8 heteroatoms. The Bertz CT molecular complexity index is 817. The van der Waals surface area contributed by atoms with Crippen LogP contribution in [0.3, 0.4) is 0 Å². The molecule has 2 aromatic rings. The van der Waals surface area contributed by atoms with E-state index in [1.54, 1.807) is 38.1 Å². The first-order valence-corrected chi connectivity index (χ1v) is 8.13. The molecule has 1 unspecified atom stereocenters. The number of aromatic nitrogens is 2. The number of nitrogens with zero attached hydrogens (tertiary/aromatic N) is 2. The summed E-state index contributed by atoms with van der Waals surface area (Å²) in [5.41, 5.74) is 1.08. The highest BCUT2D eigenvalue weighted by atomic mass is 19.1. The third-order valence-electron chi connectivity index (χ3n) is 3.69. The van der Waals surface area contributed by atoms with E-state index in [1.807, 2.05) is 0 Å². The molecular weight excluding hydrogens is 341 g/mol. The zero-order valence-electron chi connectivity index (χ0n) is 14.5. The average molecular weight is 361 g/mol. The summed E-state index contributed by atoms with van der Waals surface area (Å²) in [6, 6.07) is 3.50. The summed E-state index contributed by atoms with van der Waals surface area (Å²) in [6.07, 6.45) is 3.80. The van der Waals surface area contributed by atoms with E-state index in [-0.39, 0.29) is 31.0 Å². The van der Waals surface area contributed by atoms with Gasteiger partial charge in [-0.3, -0.25) is 4.79 Å². The molecule has 2 N–H and O–H groups in total. The highest BCUT2D eigenvalue weighted by Crippen LogP contribution is 2.19. The molecule has 0 radical (unpaired) electrons. The van der Waals surface area contributed by atoms with E-state index in [2.05, 4.69) is 15.5 Å². The number of aryl methyl sites for hydroxylation is 2. The molecule has 26 heavy (non-hydrogen) atoms. The van der Waals surface area contributed by atoms with Gasteiger partial charge in [0.1, 0.15) is 11.9 Å². The largest absolute Gasteiger partial charge is 0.480 e. The van der Waals surface area contributed by atoms with Crippen molar-refractivity contribution in [2.45, 2.75) is 39.2 Å². The van der Waals surface area contributed by atoms with E-state index >= 15 is 0 Å². The average Bonchev–Trinajstić information content (AvgIpc) is 3.08. The fourth-order valence-corrected chi connectivity index (χ4v) is 2.24. The number of carbonyl (C=O) groups is 2. The molecule has 138 valence electrons. The summed E-state index contributed by atoms with van der Waals surface area (Å²) < 4.78 is 18.4. The molecule has 0 spiro atoms. The third-order valence-corrected chi connectivity index (χ3v) is 3.69. The Hall–Kier alpha value is -3.03. The second-order valence-electron chi connectivity index (χ2n) is 5.74. The molecule has 1 aromatic heterocycles. The van der Waals surface area contributed by atoms with Crippen molar-refractivity contribution in [3.05, 3.63) is 47.6 Å². The van der Waals surface area contributed by atoms with Gasteiger partial charge in [0.2, 0.25) is 17.6 Å². The minimum atomic E-state index is -1.09. The SMILES string of the molecule is C/C=C/CC(NC(=O)CCc1nc(-c2ccc(F)c(C)c2)no1)C(=O)O. The van der Waals surface area contributed by atoms with Crippen molar-refractivity contribution in [3.8, 4) is 11.4 Å². The number of rotatable bonds is 8. The van der Waals surface area contributed by atoms with Crippen molar-refractivity contribution in [1.29, 1.82) is 0 Å². The summed E-state index contributed by atoms with van der Waals surface area (Å²) in [5, 5.41) is 15.4. The van der Waals surface area contributed by atoms with Crippen LogP contribution >= 0.6 is 0 Å². The summed E-state index contributed by atoms with van der Waals surface area (Å²) >= 11 is 0. The van der Waals surface area contributed by atoms with Gasteiger partial charge in [0.25, 0.3) is 0 Å². The maximum atomic E-state index is 13.3. The van der Waals surface area contributed by atoms with Crippen LogP contribution in [0.4, 0.5) is 4.39 Å². The number of carbonyl (C=O) groups excluding carboxylic acids is 1. The number of benzene rings is 1. The minimum absolute atomic E-state index is 0.0176. The van der Waals surface area contributed by atoms with Crippen molar-refractivity contribution in [2.24, 2.45) is 0 Å². The highest BCUT2D eigenvalue weighted by molar-refractivity contribution is 5.83. The van der Waals surface area contributed by atoms with Crippen LogP contribution in [0.25, 0.3) is 11.4 Å². The van der Waals surface area contributed by atoms with Crippen LogP contribution in [0.2, 0.25) is 0 Å². The van der Waals surface area contributed by atoms with E-state index in [0.717, 1.165) is 0 Å². The molecule has 0 aliphatic rings. The molecule has 1 atom stereocenters. The van der Waals surface area contributed by atoms with Gasteiger partial charge in [0, 0.05) is 18.4 Å². The monoisotopic (exact) mass is 361 g/mol. The predicted octanol–water partition coefficient (Wildman–Crippen LogP) is 2.65. The summed E-state index contributed by atoms with van der Waals surface area (Å²) in [4.78, 5) is 27.2. The first kappa shape index (κ1) is 19.3. The topological polar surface area (TPSA) is 105 Å². The maximum absolute atomic E-state index is 13.3. The minimum Gasteiger partial charge on any atom is -0.480 e. The van der Waals surface area contributed by atoms with Gasteiger partial charge in [-0.1, -0.05) is 17.3 Å². The van der Waals surface area contributed by atoms with Crippen LogP contribution < -0.4 is 5.32 Å². The molecule has 0 fully saturated rings. The molecule has 2 rings (SSSR count). The van der Waals surface area contributed by atoms with Crippen LogP contribution in [0, 0.1) is 12.7 Å². The smallest absolute Gasteiger partial charge is 0.326 e. The lowest BCUT2D eigenvalue weighted by Gasteiger charge is -2.11. The number of hydrogen-bond donors (Lipinski definition) is 2. The first-order valence-electron chi connectivity index (χ1n) is 8.13.